The fourth-order valence-corrected chi connectivity index (χ4v) is 1.72. The van der Waals surface area contributed by atoms with Crippen molar-refractivity contribution < 1.29 is 14.3 Å². The van der Waals surface area contributed by atoms with Gasteiger partial charge < -0.3 is 14.8 Å². The van der Waals surface area contributed by atoms with E-state index < -0.39 is 0 Å². The van der Waals surface area contributed by atoms with Crippen molar-refractivity contribution in [3.63, 3.8) is 0 Å². The number of carbonyl (C=O) groups excluding carboxylic acids is 1. The molecule has 0 saturated heterocycles. The maximum Gasteiger partial charge on any atom is 0.407 e. The zero-order chi connectivity index (χ0) is 14.6. The molecule has 0 aliphatic rings. The van der Waals surface area contributed by atoms with E-state index in [9.17, 15) is 4.79 Å². The van der Waals surface area contributed by atoms with Crippen LogP contribution >= 0.6 is 0 Å². The molecule has 0 aliphatic heterocycles. The second-order valence-corrected chi connectivity index (χ2v) is 4.78. The van der Waals surface area contributed by atoms with E-state index in [0.717, 1.165) is 18.6 Å². The lowest BCUT2D eigenvalue weighted by atomic mass is 10.2. The minimum atomic E-state index is -0.367. The van der Waals surface area contributed by atoms with Crippen molar-refractivity contribution in [3.8, 4) is 5.75 Å². The topological polar surface area (TPSA) is 47.6 Å². The van der Waals surface area contributed by atoms with Crippen molar-refractivity contribution >= 4 is 6.09 Å². The molecule has 0 atom stereocenters. The molecule has 1 N–H and O–H groups in total. The molecular formula is C16H25NO3. The smallest absolute Gasteiger partial charge is 0.407 e. The number of amides is 1. The van der Waals surface area contributed by atoms with Gasteiger partial charge in [0, 0.05) is 6.54 Å². The molecule has 0 unspecified atom stereocenters. The zero-order valence-corrected chi connectivity index (χ0v) is 12.5. The third-order valence-electron chi connectivity index (χ3n) is 2.91. The molecule has 1 amide bonds. The van der Waals surface area contributed by atoms with Crippen molar-refractivity contribution in [3.05, 3.63) is 29.8 Å². The Morgan fingerprint density at radius 1 is 1.10 bits per heavy atom. The summed E-state index contributed by atoms with van der Waals surface area (Å²) < 4.78 is 10.5. The number of ether oxygens (including phenoxy) is 2. The molecule has 0 heterocycles. The largest absolute Gasteiger partial charge is 0.490 e. The maximum atomic E-state index is 11.3. The van der Waals surface area contributed by atoms with Gasteiger partial charge in [0.15, 0.2) is 0 Å². The number of aryl methyl sites for hydroxylation is 1. The first kappa shape index (κ1) is 16.3. The van der Waals surface area contributed by atoms with Crippen LogP contribution in [0.2, 0.25) is 0 Å². The van der Waals surface area contributed by atoms with Crippen LogP contribution in [0, 0.1) is 6.92 Å². The van der Waals surface area contributed by atoms with E-state index in [2.05, 4.69) is 12.2 Å². The van der Waals surface area contributed by atoms with Gasteiger partial charge in [-0.25, -0.2) is 4.79 Å². The molecule has 112 valence electrons. The lowest BCUT2D eigenvalue weighted by Gasteiger charge is -2.08. The van der Waals surface area contributed by atoms with Gasteiger partial charge in [-0.1, -0.05) is 43.9 Å². The third-order valence-corrected chi connectivity index (χ3v) is 2.91. The molecule has 4 nitrogen and oxygen atoms in total. The molecule has 20 heavy (non-hydrogen) atoms. The van der Waals surface area contributed by atoms with Crippen molar-refractivity contribution in [2.45, 2.75) is 39.5 Å². The van der Waals surface area contributed by atoms with Gasteiger partial charge in [-0.2, -0.15) is 0 Å². The number of rotatable bonds is 9. The van der Waals surface area contributed by atoms with E-state index in [-0.39, 0.29) is 12.7 Å². The highest BCUT2D eigenvalue weighted by Gasteiger charge is 2.01. The summed E-state index contributed by atoms with van der Waals surface area (Å²) in [5.41, 5.74) is 1.19. The second kappa shape index (κ2) is 10.1. The summed E-state index contributed by atoms with van der Waals surface area (Å²) in [6.45, 7) is 5.49. The average Bonchev–Trinajstić information content (AvgIpc) is 2.45. The van der Waals surface area contributed by atoms with Gasteiger partial charge in [0.25, 0.3) is 0 Å². The van der Waals surface area contributed by atoms with Crippen molar-refractivity contribution in [2.24, 2.45) is 0 Å². The van der Waals surface area contributed by atoms with Gasteiger partial charge in [-0.3, -0.25) is 0 Å². The summed E-state index contributed by atoms with van der Waals surface area (Å²) in [5.74, 6) is 0.791. The first-order valence-electron chi connectivity index (χ1n) is 7.32. The van der Waals surface area contributed by atoms with Gasteiger partial charge in [0.05, 0.1) is 0 Å². The third kappa shape index (κ3) is 7.67. The number of hydrogen-bond acceptors (Lipinski definition) is 3. The van der Waals surface area contributed by atoms with Crippen LogP contribution in [0.25, 0.3) is 0 Å². The first-order chi connectivity index (χ1) is 9.72. The van der Waals surface area contributed by atoms with Crippen LogP contribution in [-0.4, -0.2) is 25.9 Å². The van der Waals surface area contributed by atoms with E-state index >= 15 is 0 Å². The maximum absolute atomic E-state index is 11.3. The average molecular weight is 279 g/mol. The molecular weight excluding hydrogens is 254 g/mol. The van der Waals surface area contributed by atoms with E-state index in [0.29, 0.717) is 13.2 Å². The van der Waals surface area contributed by atoms with Gasteiger partial charge in [0.2, 0.25) is 0 Å². The molecule has 0 saturated carbocycles. The fourth-order valence-electron chi connectivity index (χ4n) is 1.72. The van der Waals surface area contributed by atoms with Crippen molar-refractivity contribution in [1.82, 2.24) is 5.32 Å². The van der Waals surface area contributed by atoms with Gasteiger partial charge in [-0.15, -0.1) is 0 Å². The molecule has 0 aliphatic carbocycles. The van der Waals surface area contributed by atoms with Crippen LogP contribution in [-0.2, 0) is 4.74 Å². The highest BCUT2D eigenvalue weighted by atomic mass is 16.6. The van der Waals surface area contributed by atoms with E-state index in [4.69, 9.17) is 9.47 Å². The summed E-state index contributed by atoms with van der Waals surface area (Å²) in [6.07, 6.45) is 4.19. The molecule has 1 rings (SSSR count). The van der Waals surface area contributed by atoms with Crippen LogP contribution in [0.3, 0.4) is 0 Å². The van der Waals surface area contributed by atoms with Crippen LogP contribution in [0.5, 0.6) is 5.75 Å². The van der Waals surface area contributed by atoms with E-state index in [1.54, 1.807) is 0 Å². The zero-order valence-electron chi connectivity index (χ0n) is 12.5. The van der Waals surface area contributed by atoms with Gasteiger partial charge in [-0.05, 0) is 25.5 Å². The second-order valence-electron chi connectivity index (χ2n) is 4.78. The highest BCUT2D eigenvalue weighted by Crippen LogP contribution is 2.10. The Hall–Kier alpha value is -1.71. The Labute approximate surface area is 121 Å². The van der Waals surface area contributed by atoms with Gasteiger partial charge >= 0.3 is 6.09 Å². The van der Waals surface area contributed by atoms with Crippen LogP contribution in [0.1, 0.15) is 38.2 Å². The van der Waals surface area contributed by atoms with Crippen LogP contribution < -0.4 is 10.1 Å². The molecule has 1 aromatic carbocycles. The minimum absolute atomic E-state index is 0.259. The summed E-state index contributed by atoms with van der Waals surface area (Å²) in [6, 6.07) is 7.78. The molecule has 0 bridgehead atoms. The SMILES string of the molecule is CCCCCCNC(=O)OCCOc1ccc(C)cc1. The number of carbonyl (C=O) groups is 1. The monoisotopic (exact) mass is 279 g/mol. The Morgan fingerprint density at radius 2 is 1.85 bits per heavy atom. The predicted molar refractivity (Wildman–Crippen MR) is 80.2 cm³/mol. The number of unbranched alkanes of at least 4 members (excludes halogenated alkanes) is 3. The number of benzene rings is 1. The molecule has 1 aromatic rings. The summed E-state index contributed by atoms with van der Waals surface area (Å²) in [7, 11) is 0. The molecule has 0 spiro atoms. The summed E-state index contributed by atoms with van der Waals surface area (Å²) in [5, 5.41) is 2.73. The van der Waals surface area contributed by atoms with E-state index in [1.807, 2.05) is 31.2 Å². The molecule has 0 aromatic heterocycles. The van der Waals surface area contributed by atoms with Crippen molar-refractivity contribution in [1.29, 1.82) is 0 Å². The number of hydrogen-bond donors (Lipinski definition) is 1. The lowest BCUT2D eigenvalue weighted by Crippen LogP contribution is -2.26. The van der Waals surface area contributed by atoms with Gasteiger partial charge in [0.1, 0.15) is 19.0 Å². The van der Waals surface area contributed by atoms with E-state index in [1.165, 1.54) is 18.4 Å². The quantitative estimate of drug-likeness (QED) is 0.701. The van der Waals surface area contributed by atoms with Crippen LogP contribution in [0.15, 0.2) is 24.3 Å². The van der Waals surface area contributed by atoms with Crippen molar-refractivity contribution in [2.75, 3.05) is 19.8 Å². The standard InChI is InChI=1S/C16H25NO3/c1-3-4-5-6-11-17-16(18)20-13-12-19-15-9-7-14(2)8-10-15/h7-10H,3-6,11-13H2,1-2H3,(H,17,18). The van der Waals surface area contributed by atoms with Crippen LogP contribution in [0.4, 0.5) is 4.79 Å². The minimum Gasteiger partial charge on any atom is -0.490 e. The predicted octanol–water partition coefficient (Wildman–Crippen LogP) is 3.68. The Balaban J connectivity index is 2.00. The Kier molecular flexibility index (Phi) is 8.27. The normalized spacial score (nSPS) is 10.1. The summed E-state index contributed by atoms with van der Waals surface area (Å²) >= 11 is 0. The number of alkyl carbamates (subject to hydrolysis) is 1. The summed E-state index contributed by atoms with van der Waals surface area (Å²) in [4.78, 5) is 11.3. The fraction of sp³-hybridized carbons (Fsp3) is 0.562. The Morgan fingerprint density at radius 3 is 2.55 bits per heavy atom. The first-order valence-corrected chi connectivity index (χ1v) is 7.32. The Bertz CT molecular complexity index is 376. The highest BCUT2D eigenvalue weighted by molar-refractivity contribution is 5.66. The molecule has 4 heteroatoms. The molecule has 0 radical (unpaired) electrons. The lowest BCUT2D eigenvalue weighted by molar-refractivity contribution is 0.125. The molecule has 0 fully saturated rings. The number of nitrogens with one attached hydrogen (secondary N) is 1.